The summed E-state index contributed by atoms with van der Waals surface area (Å²) in [6.07, 6.45) is 0. The van der Waals surface area contributed by atoms with Crippen LogP contribution in [0.15, 0.2) is 0 Å². The van der Waals surface area contributed by atoms with Gasteiger partial charge >= 0.3 is 23.9 Å². The van der Waals surface area contributed by atoms with E-state index in [1.807, 2.05) is 0 Å². The first-order chi connectivity index (χ1) is 6.21. The molecule has 0 aromatic carbocycles. The van der Waals surface area contributed by atoms with Gasteiger partial charge in [0.2, 0.25) is 0 Å². The van der Waals surface area contributed by atoms with Gasteiger partial charge in [0.1, 0.15) is 0 Å². The molecule has 0 heterocycles. The molecule has 7 N–H and O–H groups in total. The predicted molar refractivity (Wildman–Crippen MR) is 42.6 cm³/mol. The predicted octanol–water partition coefficient (Wildman–Crippen LogP) is -2.08. The van der Waals surface area contributed by atoms with Gasteiger partial charge in [-0.05, 0) is 0 Å². The highest BCUT2D eigenvalue weighted by molar-refractivity contribution is 6.22. The molecule has 0 saturated carbocycles. The number of nitrogens with one attached hydrogen (secondary N) is 1. The van der Waals surface area contributed by atoms with E-state index < -0.39 is 23.9 Å². The fourth-order valence-corrected chi connectivity index (χ4v) is 0.632. The Balaban J connectivity index is 4.99. The number of aliphatic carboxylic acids is 1. The minimum atomic E-state index is -3.18. The van der Waals surface area contributed by atoms with E-state index in [2.05, 4.69) is 11.5 Å². The van der Waals surface area contributed by atoms with Crippen molar-refractivity contribution >= 4 is 29.8 Å². The molecule has 0 spiro atoms. The molecule has 80 valence electrons. The van der Waals surface area contributed by atoms with E-state index in [9.17, 15) is 19.5 Å². The second-order valence-electron chi connectivity index (χ2n) is 2.09. The molecule has 0 fully saturated rings. The summed E-state index contributed by atoms with van der Waals surface area (Å²) >= 11 is 5.02. The van der Waals surface area contributed by atoms with Gasteiger partial charge in [0.25, 0.3) is 0 Å². The van der Waals surface area contributed by atoms with Crippen LogP contribution in [-0.2, 0) is 4.79 Å². The Kier molecular flexibility index (Phi) is 3.48. The molecule has 0 aromatic heterocycles. The van der Waals surface area contributed by atoms with E-state index in [0.717, 1.165) is 0 Å². The number of carbonyl (C=O) groups excluding carboxylic acids is 2. The zero-order valence-electron chi connectivity index (χ0n) is 6.60. The first kappa shape index (κ1) is 12.3. The quantitative estimate of drug-likeness (QED) is 0.275. The monoisotopic (exact) mass is 226 g/mol. The zero-order valence-corrected chi connectivity index (χ0v) is 7.35. The van der Waals surface area contributed by atoms with Gasteiger partial charge in [0.15, 0.2) is 0 Å². The largest absolute Gasteiger partial charge is 0.476 e. The molecule has 1 atom stereocenters. The number of amides is 4. The summed E-state index contributed by atoms with van der Waals surface area (Å²) < 4.78 is -0.319. The average Bonchev–Trinajstić information content (AvgIpc) is 2.00. The fourth-order valence-electron chi connectivity index (χ4n) is 0.518. The van der Waals surface area contributed by atoms with E-state index in [1.165, 1.54) is 5.32 Å². The number of rotatable bonds is 3. The highest BCUT2D eigenvalue weighted by Gasteiger charge is 2.46. The molecule has 10 heteroatoms. The number of carbonyl (C=O) groups is 3. The third-order valence-electron chi connectivity index (χ3n) is 1.07. The molecule has 0 radical (unpaired) electrons. The van der Waals surface area contributed by atoms with Crippen molar-refractivity contribution in [2.75, 3.05) is 0 Å². The second-order valence-corrected chi connectivity index (χ2v) is 2.42. The molecule has 0 saturated heterocycles. The lowest BCUT2D eigenvalue weighted by Gasteiger charge is -2.28. The summed E-state index contributed by atoms with van der Waals surface area (Å²) in [6.45, 7) is 0. The van der Waals surface area contributed by atoms with Gasteiger partial charge in [0.05, 0.1) is 0 Å². The van der Waals surface area contributed by atoms with Crippen molar-refractivity contribution in [2.24, 2.45) is 11.5 Å². The van der Waals surface area contributed by atoms with Crippen LogP contribution in [0.1, 0.15) is 0 Å². The Morgan fingerprint density at radius 2 is 1.79 bits per heavy atom. The van der Waals surface area contributed by atoms with Gasteiger partial charge in [-0.1, -0.05) is 0 Å². The summed E-state index contributed by atoms with van der Waals surface area (Å²) in [5.74, 6) is -5.20. The van der Waals surface area contributed by atoms with E-state index in [1.54, 1.807) is 0 Å². The van der Waals surface area contributed by atoms with Crippen LogP contribution in [0, 0.1) is 0 Å². The summed E-state index contributed by atoms with van der Waals surface area (Å²) in [5, 5.41) is 19.0. The molecule has 0 aliphatic heterocycles. The molecular weight excluding hydrogens is 220 g/mol. The molecule has 1 unspecified atom stereocenters. The first-order valence-electron chi connectivity index (χ1n) is 3.00. The zero-order chi connectivity index (χ0) is 11.5. The molecule has 0 bridgehead atoms. The van der Waals surface area contributed by atoms with E-state index in [4.69, 9.17) is 16.9 Å². The van der Waals surface area contributed by atoms with Gasteiger partial charge in [-0.25, -0.2) is 14.4 Å². The highest BCUT2D eigenvalue weighted by atomic mass is 35.5. The molecular formula is C4H7ClN4O5. The molecule has 9 nitrogen and oxygen atoms in total. The van der Waals surface area contributed by atoms with Crippen molar-refractivity contribution < 1.29 is 24.6 Å². The Morgan fingerprint density at radius 3 is 2.00 bits per heavy atom. The standard InChI is InChI=1S/C4H7ClN4O5/c5-9(3(7)13)4(14,1(10)11)8-2(6)12/h14H,(H2,7,13)(H,10,11)(H3,6,8,12). The minimum Gasteiger partial charge on any atom is -0.476 e. The normalized spacial score (nSPS) is 13.9. The summed E-state index contributed by atoms with van der Waals surface area (Å²) in [5.41, 5.74) is 9.12. The third kappa shape index (κ3) is 2.37. The van der Waals surface area contributed by atoms with Gasteiger partial charge in [-0.3, -0.25) is 5.32 Å². The number of carboxylic acid groups (broad SMARTS) is 1. The van der Waals surface area contributed by atoms with E-state index in [0.29, 0.717) is 0 Å². The van der Waals surface area contributed by atoms with Gasteiger partial charge in [0, 0.05) is 11.8 Å². The lowest BCUT2D eigenvalue weighted by atomic mass is 10.4. The van der Waals surface area contributed by atoms with Crippen molar-refractivity contribution in [2.45, 2.75) is 5.85 Å². The van der Waals surface area contributed by atoms with Gasteiger partial charge in [-0.2, -0.15) is 4.42 Å². The van der Waals surface area contributed by atoms with Crippen LogP contribution in [0.25, 0.3) is 0 Å². The average molecular weight is 227 g/mol. The maximum Gasteiger partial charge on any atom is 0.382 e. The summed E-state index contributed by atoms with van der Waals surface area (Å²) in [7, 11) is 0. The van der Waals surface area contributed by atoms with Gasteiger partial charge < -0.3 is 21.7 Å². The highest BCUT2D eigenvalue weighted by Crippen LogP contribution is 2.11. The Labute approximate surface area is 82.3 Å². The molecule has 4 amide bonds. The van der Waals surface area contributed by atoms with Crippen molar-refractivity contribution in [3.63, 3.8) is 0 Å². The van der Waals surface area contributed by atoms with E-state index in [-0.39, 0.29) is 4.42 Å². The Bertz CT molecular complexity index is 283. The second kappa shape index (κ2) is 3.98. The van der Waals surface area contributed by atoms with Crippen molar-refractivity contribution in [3.05, 3.63) is 0 Å². The summed E-state index contributed by atoms with van der Waals surface area (Å²) in [6, 6.07) is -2.88. The van der Waals surface area contributed by atoms with Crippen LogP contribution in [0.3, 0.4) is 0 Å². The van der Waals surface area contributed by atoms with E-state index >= 15 is 0 Å². The van der Waals surface area contributed by atoms with Crippen LogP contribution in [0.2, 0.25) is 0 Å². The van der Waals surface area contributed by atoms with Gasteiger partial charge in [-0.15, -0.1) is 0 Å². The van der Waals surface area contributed by atoms with Crippen molar-refractivity contribution in [3.8, 4) is 0 Å². The maximum absolute atomic E-state index is 10.4. The number of aliphatic hydroxyl groups is 1. The van der Waals surface area contributed by atoms with Crippen LogP contribution in [0.5, 0.6) is 0 Å². The number of hydrogen-bond donors (Lipinski definition) is 5. The van der Waals surface area contributed by atoms with Crippen molar-refractivity contribution in [1.29, 1.82) is 0 Å². The smallest absolute Gasteiger partial charge is 0.382 e. The number of urea groups is 2. The lowest BCUT2D eigenvalue weighted by Crippen LogP contribution is -2.66. The minimum absolute atomic E-state index is 0.319. The topological polar surface area (TPSA) is 159 Å². The lowest BCUT2D eigenvalue weighted by molar-refractivity contribution is -0.172. The van der Waals surface area contributed by atoms with Crippen LogP contribution in [-0.4, -0.2) is 38.5 Å². The third-order valence-corrected chi connectivity index (χ3v) is 1.48. The number of halogens is 1. The first-order valence-corrected chi connectivity index (χ1v) is 3.34. The molecule has 0 aromatic rings. The molecule has 0 aliphatic rings. The maximum atomic E-state index is 10.4. The van der Waals surface area contributed by atoms with Crippen LogP contribution in [0.4, 0.5) is 9.59 Å². The van der Waals surface area contributed by atoms with Crippen LogP contribution < -0.4 is 16.8 Å². The molecule has 0 aliphatic carbocycles. The number of nitrogens with zero attached hydrogens (tertiary/aromatic N) is 1. The Morgan fingerprint density at radius 1 is 1.36 bits per heavy atom. The SMILES string of the molecule is NC(=O)NC(O)(C(=O)O)N(Cl)C(N)=O. The number of nitrogens with two attached hydrogens (primary N) is 2. The molecule has 0 rings (SSSR count). The number of hydrogen-bond acceptors (Lipinski definition) is 4. The molecule has 14 heavy (non-hydrogen) atoms. The van der Waals surface area contributed by atoms with Crippen molar-refractivity contribution in [1.82, 2.24) is 9.74 Å². The fraction of sp³-hybridized carbons (Fsp3) is 0.250. The Hall–Kier alpha value is -1.74. The van der Waals surface area contributed by atoms with Crippen LogP contribution >= 0.6 is 11.8 Å². The summed E-state index contributed by atoms with van der Waals surface area (Å²) in [4.78, 5) is 31.2. The number of carboxylic acids is 1. The number of primary amides is 2.